The quantitative estimate of drug-likeness (QED) is 0.132. The zero-order chi connectivity index (χ0) is 34.6. The topological polar surface area (TPSA) is 27.7 Å². The van der Waals surface area contributed by atoms with Crippen LogP contribution >= 0.6 is 0 Å². The fourth-order valence-electron chi connectivity index (χ4n) is 6.81. The monoisotopic (exact) mass is 635 g/mol. The van der Waals surface area contributed by atoms with Crippen LogP contribution in [0.1, 0.15) is 123 Å². The van der Waals surface area contributed by atoms with E-state index in [1.807, 2.05) is 0 Å². The summed E-state index contributed by atoms with van der Waals surface area (Å²) in [6.45, 7) is 33.3. The molecule has 0 aromatic heterocycles. The zero-order valence-corrected chi connectivity index (χ0v) is 32.3. The van der Waals surface area contributed by atoms with E-state index in [9.17, 15) is 0 Å². The SMILES string of the molecule is CC1=CCC(/C=C/C(C)C(C)OC(OC(C)C(C)/C=C/C2CC=C(C)C2(C)C)OC(C)C(C)/C=C/C2CC=C(C)C2(C)C)C1(C)C. The summed E-state index contributed by atoms with van der Waals surface area (Å²) in [7, 11) is 0. The highest BCUT2D eigenvalue weighted by Crippen LogP contribution is 2.45. The third-order valence-corrected chi connectivity index (χ3v) is 13.0. The van der Waals surface area contributed by atoms with Crippen LogP contribution in [-0.2, 0) is 14.2 Å². The van der Waals surface area contributed by atoms with E-state index >= 15 is 0 Å². The Bertz CT molecular complexity index is 1040. The molecule has 0 aromatic rings. The number of rotatable bonds is 15. The molecule has 0 radical (unpaired) electrons. The van der Waals surface area contributed by atoms with Crippen molar-refractivity contribution in [1.29, 1.82) is 0 Å². The van der Waals surface area contributed by atoms with E-state index in [4.69, 9.17) is 14.2 Å². The Labute approximate surface area is 284 Å². The van der Waals surface area contributed by atoms with Crippen molar-refractivity contribution in [3.63, 3.8) is 0 Å². The van der Waals surface area contributed by atoms with Gasteiger partial charge in [-0.2, -0.15) is 0 Å². The fourth-order valence-corrected chi connectivity index (χ4v) is 6.81. The molecule has 0 N–H and O–H groups in total. The van der Waals surface area contributed by atoms with Crippen molar-refractivity contribution in [2.45, 2.75) is 148 Å². The van der Waals surface area contributed by atoms with Crippen molar-refractivity contribution in [3.05, 3.63) is 71.4 Å². The molecule has 0 bridgehead atoms. The van der Waals surface area contributed by atoms with Crippen LogP contribution < -0.4 is 0 Å². The number of ether oxygens (including phenoxy) is 3. The smallest absolute Gasteiger partial charge is 0.272 e. The van der Waals surface area contributed by atoms with Crippen LogP contribution in [0.15, 0.2) is 71.4 Å². The second kappa shape index (κ2) is 15.7. The predicted octanol–water partition coefficient (Wildman–Crippen LogP) is 12.0. The van der Waals surface area contributed by atoms with Gasteiger partial charge in [-0.1, -0.05) is 134 Å². The molecule has 0 aromatic carbocycles. The Balaban J connectivity index is 1.68. The normalized spacial score (nSPS) is 30.3. The van der Waals surface area contributed by atoms with Crippen molar-refractivity contribution in [1.82, 2.24) is 0 Å². The molecule has 3 aliphatic rings. The third-order valence-electron chi connectivity index (χ3n) is 13.0. The van der Waals surface area contributed by atoms with Gasteiger partial charge in [-0.15, -0.1) is 0 Å². The van der Waals surface area contributed by atoms with Crippen LogP contribution in [0.5, 0.6) is 0 Å². The lowest BCUT2D eigenvalue weighted by molar-refractivity contribution is -0.336. The van der Waals surface area contributed by atoms with Crippen molar-refractivity contribution in [2.24, 2.45) is 51.8 Å². The molecule has 9 unspecified atom stereocenters. The van der Waals surface area contributed by atoms with E-state index in [-0.39, 0.29) is 52.3 Å². The van der Waals surface area contributed by atoms with Gasteiger partial charge in [-0.3, -0.25) is 0 Å². The van der Waals surface area contributed by atoms with E-state index in [0.717, 1.165) is 19.3 Å². The molecule has 9 atom stereocenters. The number of hydrogen-bond donors (Lipinski definition) is 0. The molecule has 0 spiro atoms. The van der Waals surface area contributed by atoms with Crippen LogP contribution in [0.4, 0.5) is 0 Å². The molecular weight excluding hydrogens is 564 g/mol. The van der Waals surface area contributed by atoms with E-state index in [1.165, 1.54) is 16.7 Å². The average Bonchev–Trinajstić information content (AvgIpc) is 3.50. The molecular formula is C43H70O3. The zero-order valence-electron chi connectivity index (χ0n) is 32.3. The first-order valence-electron chi connectivity index (χ1n) is 18.3. The molecule has 0 aliphatic heterocycles. The van der Waals surface area contributed by atoms with Gasteiger partial charge in [0.1, 0.15) is 0 Å². The Kier molecular flexibility index (Phi) is 13.2. The molecule has 3 rings (SSSR count). The summed E-state index contributed by atoms with van der Waals surface area (Å²) in [5, 5.41) is 0. The molecule has 0 heterocycles. The average molecular weight is 635 g/mol. The Morgan fingerprint density at radius 2 is 0.739 bits per heavy atom. The van der Waals surface area contributed by atoms with Crippen LogP contribution in [0.2, 0.25) is 0 Å². The lowest BCUT2D eigenvalue weighted by Crippen LogP contribution is -2.36. The first-order valence-corrected chi connectivity index (χ1v) is 18.3. The maximum absolute atomic E-state index is 6.62. The first-order chi connectivity index (χ1) is 21.3. The highest BCUT2D eigenvalue weighted by molar-refractivity contribution is 5.24. The highest BCUT2D eigenvalue weighted by atomic mass is 16.9. The maximum atomic E-state index is 6.62. The molecule has 0 saturated heterocycles. The summed E-state index contributed by atoms with van der Waals surface area (Å²) >= 11 is 0. The molecule has 46 heavy (non-hydrogen) atoms. The Morgan fingerprint density at radius 1 is 0.500 bits per heavy atom. The van der Waals surface area contributed by atoms with Crippen molar-refractivity contribution >= 4 is 0 Å². The van der Waals surface area contributed by atoms with Gasteiger partial charge in [0.15, 0.2) is 0 Å². The van der Waals surface area contributed by atoms with Crippen molar-refractivity contribution in [2.75, 3.05) is 0 Å². The Hall–Kier alpha value is -1.68. The van der Waals surface area contributed by atoms with Gasteiger partial charge in [-0.25, -0.2) is 0 Å². The van der Waals surface area contributed by atoms with Gasteiger partial charge < -0.3 is 14.2 Å². The summed E-state index contributed by atoms with van der Waals surface area (Å²) in [6, 6.07) is 0. The summed E-state index contributed by atoms with van der Waals surface area (Å²) in [4.78, 5) is 0. The second-order valence-corrected chi connectivity index (χ2v) is 16.9. The minimum absolute atomic E-state index is 0.0578. The highest BCUT2D eigenvalue weighted by Gasteiger charge is 2.35. The van der Waals surface area contributed by atoms with E-state index < -0.39 is 6.48 Å². The van der Waals surface area contributed by atoms with Crippen molar-refractivity contribution < 1.29 is 14.2 Å². The van der Waals surface area contributed by atoms with Crippen LogP contribution in [0.25, 0.3) is 0 Å². The standard InChI is InChI=1S/C43H70O3/c1-28(16-22-37-25-19-31(4)41(37,10)11)34(7)44-40(45-35(8)29(2)17-23-38-26-20-32(5)42(38,12)13)46-36(9)30(3)18-24-39-27-21-33(6)43(39,14)15/h16-24,28-30,34-40H,25-27H2,1-15H3/b22-16+,23-17+,24-18+. The van der Waals surface area contributed by atoms with E-state index in [2.05, 4.69) is 159 Å². The van der Waals surface area contributed by atoms with Crippen molar-refractivity contribution in [3.8, 4) is 0 Å². The first kappa shape index (κ1) is 38.8. The Morgan fingerprint density at radius 3 is 0.935 bits per heavy atom. The largest absolute Gasteiger partial charge is 0.326 e. The maximum Gasteiger partial charge on any atom is 0.272 e. The summed E-state index contributed by atoms with van der Waals surface area (Å²) in [6.07, 6.45) is 24.6. The molecule has 0 saturated carbocycles. The molecule has 260 valence electrons. The minimum atomic E-state index is -0.743. The number of hydrogen-bond acceptors (Lipinski definition) is 3. The third kappa shape index (κ3) is 9.26. The molecule has 3 aliphatic carbocycles. The van der Waals surface area contributed by atoms with Gasteiger partial charge in [0, 0.05) is 17.8 Å². The van der Waals surface area contributed by atoms with E-state index in [0.29, 0.717) is 17.8 Å². The summed E-state index contributed by atoms with van der Waals surface area (Å²) in [5.41, 5.74) is 5.08. The predicted molar refractivity (Wildman–Crippen MR) is 197 cm³/mol. The van der Waals surface area contributed by atoms with Gasteiger partial charge in [0.05, 0.1) is 18.3 Å². The van der Waals surface area contributed by atoms with Gasteiger partial charge >= 0.3 is 0 Å². The molecule has 3 heteroatoms. The van der Waals surface area contributed by atoms with Crippen LogP contribution in [-0.4, -0.2) is 24.8 Å². The summed E-state index contributed by atoms with van der Waals surface area (Å²) < 4.78 is 19.9. The lowest BCUT2D eigenvalue weighted by Gasteiger charge is -2.32. The van der Waals surface area contributed by atoms with Crippen LogP contribution in [0.3, 0.4) is 0 Å². The molecule has 3 nitrogen and oxygen atoms in total. The van der Waals surface area contributed by atoms with Gasteiger partial charge in [0.2, 0.25) is 0 Å². The minimum Gasteiger partial charge on any atom is -0.326 e. The van der Waals surface area contributed by atoms with E-state index in [1.54, 1.807) is 0 Å². The molecule has 0 fully saturated rings. The second-order valence-electron chi connectivity index (χ2n) is 16.9. The fraction of sp³-hybridized carbons (Fsp3) is 0.721. The van der Waals surface area contributed by atoms with Crippen LogP contribution in [0, 0.1) is 51.8 Å². The van der Waals surface area contributed by atoms with Gasteiger partial charge in [-0.05, 0) is 94.8 Å². The van der Waals surface area contributed by atoms with Gasteiger partial charge in [0.25, 0.3) is 6.48 Å². The molecule has 0 amide bonds. The summed E-state index contributed by atoms with van der Waals surface area (Å²) in [5.74, 6) is 2.27. The lowest BCUT2D eigenvalue weighted by atomic mass is 9.77. The number of allylic oxidation sites excluding steroid dienone is 9.